The molecule has 0 saturated carbocycles. The van der Waals surface area contributed by atoms with Crippen LogP contribution in [0.15, 0.2) is 54.6 Å². The highest BCUT2D eigenvalue weighted by Crippen LogP contribution is 2.20. The zero-order valence-electron chi connectivity index (χ0n) is 15.8. The normalized spacial score (nSPS) is 11.2. The number of hydrogen-bond donors (Lipinski definition) is 0. The molecule has 2 rings (SSSR count). The molecule has 0 unspecified atom stereocenters. The third kappa shape index (κ3) is 6.58. The summed E-state index contributed by atoms with van der Waals surface area (Å²) in [5, 5.41) is 0. The molecule has 0 bridgehead atoms. The van der Waals surface area contributed by atoms with Gasteiger partial charge in [0.15, 0.2) is 9.84 Å². The molecule has 0 saturated heterocycles. The lowest BCUT2D eigenvalue weighted by Gasteiger charge is -2.23. The van der Waals surface area contributed by atoms with Gasteiger partial charge in [-0.05, 0) is 29.7 Å². The third-order valence-electron chi connectivity index (χ3n) is 4.02. The molecule has 1 amide bonds. The molecule has 0 heterocycles. The van der Waals surface area contributed by atoms with E-state index in [1.54, 1.807) is 23.1 Å². The zero-order valence-corrected chi connectivity index (χ0v) is 16.6. The number of benzene rings is 2. The Morgan fingerprint density at radius 1 is 1.11 bits per heavy atom. The van der Waals surface area contributed by atoms with Gasteiger partial charge in [-0.3, -0.25) is 4.79 Å². The van der Waals surface area contributed by atoms with E-state index in [-0.39, 0.29) is 29.8 Å². The molecule has 142 valence electrons. The SMILES string of the molecule is C#Cc1cccc(N(Cc2ccccc2)C(=O)CCS(=O)(=O)CC(C)C)c1. The number of amides is 1. The Morgan fingerprint density at radius 2 is 1.81 bits per heavy atom. The summed E-state index contributed by atoms with van der Waals surface area (Å²) in [5.74, 6) is 2.31. The number of carbonyl (C=O) groups is 1. The summed E-state index contributed by atoms with van der Waals surface area (Å²) in [6.07, 6.45) is 5.42. The predicted octanol–water partition coefficient (Wildman–Crippen LogP) is 3.66. The van der Waals surface area contributed by atoms with Crippen molar-refractivity contribution in [1.82, 2.24) is 0 Å². The van der Waals surface area contributed by atoms with Crippen LogP contribution in [0.4, 0.5) is 5.69 Å². The quantitative estimate of drug-likeness (QED) is 0.654. The van der Waals surface area contributed by atoms with Crippen molar-refractivity contribution in [3.8, 4) is 12.3 Å². The van der Waals surface area contributed by atoms with E-state index in [0.717, 1.165) is 5.56 Å². The number of sulfone groups is 1. The summed E-state index contributed by atoms with van der Waals surface area (Å²) < 4.78 is 24.3. The largest absolute Gasteiger partial charge is 0.308 e. The highest BCUT2D eigenvalue weighted by molar-refractivity contribution is 7.91. The lowest BCUT2D eigenvalue weighted by Crippen LogP contribution is -2.32. The van der Waals surface area contributed by atoms with E-state index in [4.69, 9.17) is 6.42 Å². The minimum atomic E-state index is -3.26. The molecule has 5 heteroatoms. The van der Waals surface area contributed by atoms with Crippen molar-refractivity contribution >= 4 is 21.4 Å². The molecule has 0 atom stereocenters. The lowest BCUT2D eigenvalue weighted by atomic mass is 10.1. The molecule has 4 nitrogen and oxygen atoms in total. The van der Waals surface area contributed by atoms with Gasteiger partial charge in [0.2, 0.25) is 5.91 Å². The number of nitrogens with zero attached hydrogens (tertiary/aromatic N) is 1. The van der Waals surface area contributed by atoms with Crippen LogP contribution in [-0.2, 0) is 21.2 Å². The van der Waals surface area contributed by atoms with Crippen molar-refractivity contribution in [2.75, 3.05) is 16.4 Å². The fourth-order valence-electron chi connectivity index (χ4n) is 2.82. The fraction of sp³-hybridized carbons (Fsp3) is 0.318. The molecule has 0 aliphatic carbocycles. The van der Waals surface area contributed by atoms with Crippen LogP contribution in [-0.4, -0.2) is 25.8 Å². The first kappa shape index (κ1) is 20.7. The second kappa shape index (κ2) is 9.38. The molecule has 2 aromatic carbocycles. The standard InChI is InChI=1S/C22H25NO3S/c1-4-19-11-8-12-21(15-19)23(16-20-9-6-5-7-10-20)22(24)13-14-27(25,26)17-18(2)3/h1,5-12,15,18H,13-14,16-17H2,2-3H3. The van der Waals surface area contributed by atoms with Gasteiger partial charge in [0.1, 0.15) is 0 Å². The van der Waals surface area contributed by atoms with Crippen molar-refractivity contribution in [3.05, 3.63) is 65.7 Å². The highest BCUT2D eigenvalue weighted by Gasteiger charge is 2.21. The van der Waals surface area contributed by atoms with Crippen LogP contribution in [0.25, 0.3) is 0 Å². The Bertz CT molecular complexity index is 912. The van der Waals surface area contributed by atoms with Crippen LogP contribution in [0.1, 0.15) is 31.4 Å². The molecule has 0 aromatic heterocycles. The summed E-state index contributed by atoms with van der Waals surface area (Å²) >= 11 is 0. The van der Waals surface area contributed by atoms with E-state index < -0.39 is 9.84 Å². The molecule has 0 fully saturated rings. The number of carbonyl (C=O) groups excluding carboxylic acids is 1. The first-order valence-electron chi connectivity index (χ1n) is 8.92. The van der Waals surface area contributed by atoms with Gasteiger partial charge < -0.3 is 4.90 Å². The Balaban J connectivity index is 2.23. The molecule has 2 aromatic rings. The second-order valence-electron chi connectivity index (χ2n) is 6.92. The summed E-state index contributed by atoms with van der Waals surface area (Å²) in [5.41, 5.74) is 2.30. The maximum absolute atomic E-state index is 12.9. The average Bonchev–Trinajstić information content (AvgIpc) is 2.64. The van der Waals surface area contributed by atoms with Gasteiger partial charge in [-0.1, -0.05) is 56.2 Å². The molecular weight excluding hydrogens is 358 g/mol. The van der Waals surface area contributed by atoms with Crippen LogP contribution in [0.5, 0.6) is 0 Å². The lowest BCUT2D eigenvalue weighted by molar-refractivity contribution is -0.118. The molecule has 0 radical (unpaired) electrons. The molecule has 0 N–H and O–H groups in total. The highest BCUT2D eigenvalue weighted by atomic mass is 32.2. The third-order valence-corrected chi connectivity index (χ3v) is 6.02. The Morgan fingerprint density at radius 3 is 2.44 bits per heavy atom. The molecular formula is C22H25NO3S. The van der Waals surface area contributed by atoms with E-state index in [2.05, 4.69) is 5.92 Å². The van der Waals surface area contributed by atoms with Gasteiger partial charge in [0.05, 0.1) is 18.1 Å². The van der Waals surface area contributed by atoms with E-state index in [1.165, 1.54) is 0 Å². The monoisotopic (exact) mass is 383 g/mol. The summed E-state index contributed by atoms with van der Waals surface area (Å²) in [7, 11) is -3.26. The van der Waals surface area contributed by atoms with Crippen molar-refractivity contribution in [2.45, 2.75) is 26.8 Å². The maximum Gasteiger partial charge on any atom is 0.228 e. The van der Waals surface area contributed by atoms with E-state index in [9.17, 15) is 13.2 Å². The summed E-state index contributed by atoms with van der Waals surface area (Å²) in [6, 6.07) is 16.8. The van der Waals surface area contributed by atoms with Crippen LogP contribution >= 0.6 is 0 Å². The first-order chi connectivity index (χ1) is 12.8. The van der Waals surface area contributed by atoms with E-state index in [1.807, 2.05) is 50.2 Å². The number of hydrogen-bond acceptors (Lipinski definition) is 3. The molecule has 27 heavy (non-hydrogen) atoms. The van der Waals surface area contributed by atoms with Gasteiger partial charge in [-0.25, -0.2) is 8.42 Å². The predicted molar refractivity (Wildman–Crippen MR) is 110 cm³/mol. The van der Waals surface area contributed by atoms with Gasteiger partial charge in [-0.2, -0.15) is 0 Å². The van der Waals surface area contributed by atoms with Gasteiger partial charge in [0, 0.05) is 17.7 Å². The summed E-state index contributed by atoms with van der Waals surface area (Å²) in [6.45, 7) is 4.07. The van der Waals surface area contributed by atoms with E-state index >= 15 is 0 Å². The Hall–Kier alpha value is -2.58. The average molecular weight is 384 g/mol. The van der Waals surface area contributed by atoms with Gasteiger partial charge >= 0.3 is 0 Å². The van der Waals surface area contributed by atoms with Crippen LogP contribution in [0, 0.1) is 18.3 Å². The number of terminal acetylenes is 1. The fourth-order valence-corrected chi connectivity index (χ4v) is 4.49. The topological polar surface area (TPSA) is 54.5 Å². The smallest absolute Gasteiger partial charge is 0.228 e. The zero-order chi connectivity index (χ0) is 19.9. The second-order valence-corrected chi connectivity index (χ2v) is 9.15. The van der Waals surface area contributed by atoms with Crippen LogP contribution in [0.3, 0.4) is 0 Å². The molecule has 0 aliphatic rings. The Kier molecular flexibility index (Phi) is 7.20. The minimum absolute atomic E-state index is 0.0397. The van der Waals surface area contributed by atoms with Crippen molar-refractivity contribution in [3.63, 3.8) is 0 Å². The van der Waals surface area contributed by atoms with Crippen LogP contribution < -0.4 is 4.90 Å². The van der Waals surface area contributed by atoms with Crippen molar-refractivity contribution < 1.29 is 13.2 Å². The van der Waals surface area contributed by atoms with E-state index in [0.29, 0.717) is 17.8 Å². The number of rotatable bonds is 8. The van der Waals surface area contributed by atoms with Crippen molar-refractivity contribution in [2.24, 2.45) is 5.92 Å². The van der Waals surface area contributed by atoms with Crippen LogP contribution in [0.2, 0.25) is 0 Å². The minimum Gasteiger partial charge on any atom is -0.308 e. The molecule has 0 aliphatic heterocycles. The van der Waals surface area contributed by atoms with Crippen molar-refractivity contribution in [1.29, 1.82) is 0 Å². The van der Waals surface area contributed by atoms with Gasteiger partial charge in [-0.15, -0.1) is 6.42 Å². The number of anilines is 1. The Labute approximate surface area is 162 Å². The molecule has 0 spiro atoms. The van der Waals surface area contributed by atoms with Gasteiger partial charge in [0.25, 0.3) is 0 Å². The first-order valence-corrected chi connectivity index (χ1v) is 10.7. The maximum atomic E-state index is 12.9. The summed E-state index contributed by atoms with van der Waals surface area (Å²) in [4.78, 5) is 14.5.